The molecule has 0 amide bonds. The summed E-state index contributed by atoms with van der Waals surface area (Å²) in [6.07, 6.45) is -3.44. The number of likely N-dealkylation sites (tertiary alicyclic amines) is 1. The van der Waals surface area contributed by atoms with E-state index in [0.717, 1.165) is 38.2 Å². The number of aromatic nitrogens is 2. The van der Waals surface area contributed by atoms with Crippen LogP contribution in [-0.2, 0) is 12.7 Å². The van der Waals surface area contributed by atoms with Crippen molar-refractivity contribution in [2.24, 2.45) is 5.92 Å². The molecule has 0 spiro atoms. The normalized spacial score (nSPS) is 20.1. The van der Waals surface area contributed by atoms with Crippen molar-refractivity contribution in [3.05, 3.63) is 34.2 Å². The maximum Gasteiger partial charge on any atom is 0.416 e. The molecule has 0 radical (unpaired) electrons. The van der Waals surface area contributed by atoms with Gasteiger partial charge in [-0.1, -0.05) is 6.92 Å². The molecule has 0 aliphatic carbocycles. The number of benzene rings is 1. The average Bonchev–Trinajstić information content (AvgIpc) is 3.03. The highest BCUT2D eigenvalue weighted by Crippen LogP contribution is 2.31. The number of rotatable bonds is 3. The number of imidazole rings is 1. The average molecular weight is 313 g/mol. The summed E-state index contributed by atoms with van der Waals surface area (Å²) in [5, 5.41) is 0. The lowest BCUT2D eigenvalue weighted by Crippen LogP contribution is -2.25. The van der Waals surface area contributed by atoms with Crippen molar-refractivity contribution in [3.63, 3.8) is 0 Å². The maximum absolute atomic E-state index is 12.9. The molecular formula is C15H18F3N3O. The molecule has 1 aromatic heterocycles. The van der Waals surface area contributed by atoms with Crippen LogP contribution in [0.1, 0.15) is 18.9 Å². The van der Waals surface area contributed by atoms with Gasteiger partial charge in [-0.2, -0.15) is 13.2 Å². The van der Waals surface area contributed by atoms with Gasteiger partial charge in [0.15, 0.2) is 0 Å². The summed E-state index contributed by atoms with van der Waals surface area (Å²) in [4.78, 5) is 17.0. The van der Waals surface area contributed by atoms with E-state index < -0.39 is 11.7 Å². The summed E-state index contributed by atoms with van der Waals surface area (Å²) in [7, 11) is 0. The van der Waals surface area contributed by atoms with Crippen LogP contribution in [0.4, 0.5) is 13.2 Å². The largest absolute Gasteiger partial charge is 0.416 e. The van der Waals surface area contributed by atoms with Gasteiger partial charge in [0.1, 0.15) is 0 Å². The maximum atomic E-state index is 12.9. The Balaban J connectivity index is 1.95. The fraction of sp³-hybridized carbons (Fsp3) is 0.533. The molecule has 1 saturated heterocycles. The van der Waals surface area contributed by atoms with E-state index in [1.54, 1.807) is 0 Å². The number of nitrogens with one attached hydrogen (secondary N) is 1. The molecule has 4 nitrogen and oxygen atoms in total. The number of H-pyrrole nitrogens is 1. The van der Waals surface area contributed by atoms with Gasteiger partial charge in [0.05, 0.1) is 16.6 Å². The van der Waals surface area contributed by atoms with Crippen LogP contribution < -0.4 is 5.69 Å². The minimum atomic E-state index is -4.40. The smallest absolute Gasteiger partial charge is 0.306 e. The zero-order valence-corrected chi connectivity index (χ0v) is 12.3. The van der Waals surface area contributed by atoms with Crippen LogP contribution in [0.3, 0.4) is 0 Å². The first kappa shape index (κ1) is 15.1. The summed E-state index contributed by atoms with van der Waals surface area (Å²) >= 11 is 0. The molecule has 1 aromatic carbocycles. The molecule has 120 valence electrons. The van der Waals surface area contributed by atoms with Crippen LogP contribution >= 0.6 is 0 Å². The van der Waals surface area contributed by atoms with Gasteiger partial charge in [-0.05, 0) is 43.6 Å². The van der Waals surface area contributed by atoms with Gasteiger partial charge in [0.25, 0.3) is 0 Å². The van der Waals surface area contributed by atoms with Crippen LogP contribution in [0.2, 0.25) is 0 Å². The number of fused-ring (bicyclic) bond motifs is 1. The van der Waals surface area contributed by atoms with E-state index in [4.69, 9.17) is 0 Å². The van der Waals surface area contributed by atoms with E-state index in [2.05, 4.69) is 16.8 Å². The Morgan fingerprint density at radius 1 is 1.36 bits per heavy atom. The highest BCUT2D eigenvalue weighted by atomic mass is 19.4. The first-order chi connectivity index (χ1) is 10.4. The molecule has 2 heterocycles. The Morgan fingerprint density at radius 2 is 2.14 bits per heavy atom. The van der Waals surface area contributed by atoms with Gasteiger partial charge in [-0.15, -0.1) is 0 Å². The molecule has 1 N–H and O–H groups in total. The van der Waals surface area contributed by atoms with Crippen LogP contribution in [0.25, 0.3) is 11.0 Å². The second kappa shape index (κ2) is 5.46. The molecular weight excluding hydrogens is 295 g/mol. The zero-order chi connectivity index (χ0) is 15.9. The van der Waals surface area contributed by atoms with Gasteiger partial charge in [0.2, 0.25) is 0 Å². The lowest BCUT2D eigenvalue weighted by molar-refractivity contribution is -0.137. The van der Waals surface area contributed by atoms with Gasteiger partial charge in [-0.3, -0.25) is 4.57 Å². The summed E-state index contributed by atoms with van der Waals surface area (Å²) < 4.78 is 40.0. The van der Waals surface area contributed by atoms with Crippen LogP contribution in [-0.4, -0.2) is 34.1 Å². The van der Waals surface area contributed by atoms with Gasteiger partial charge < -0.3 is 9.88 Å². The fourth-order valence-electron chi connectivity index (χ4n) is 3.12. The second-order valence-corrected chi connectivity index (χ2v) is 5.82. The van der Waals surface area contributed by atoms with Crippen molar-refractivity contribution in [2.45, 2.75) is 26.1 Å². The summed E-state index contributed by atoms with van der Waals surface area (Å²) in [5.74, 6) is 0.297. The summed E-state index contributed by atoms with van der Waals surface area (Å²) in [6.45, 7) is 5.35. The topological polar surface area (TPSA) is 41.0 Å². The van der Waals surface area contributed by atoms with E-state index in [9.17, 15) is 18.0 Å². The monoisotopic (exact) mass is 313 g/mol. The van der Waals surface area contributed by atoms with Crippen molar-refractivity contribution in [1.29, 1.82) is 0 Å². The number of halogens is 3. The molecule has 7 heteroatoms. The number of aromatic amines is 1. The predicted octanol–water partition coefficient (Wildman–Crippen LogP) is 2.69. The number of alkyl halides is 3. The van der Waals surface area contributed by atoms with E-state index in [0.29, 0.717) is 23.5 Å². The Morgan fingerprint density at radius 3 is 2.77 bits per heavy atom. The van der Waals surface area contributed by atoms with E-state index in [1.807, 2.05) is 0 Å². The SMILES string of the molecule is CCN1CCC(Cn2c(=O)[nH]c3ccc(C(F)(F)F)cc32)C1. The third-order valence-electron chi connectivity index (χ3n) is 4.36. The Labute approximate surface area is 125 Å². The molecule has 22 heavy (non-hydrogen) atoms. The Bertz CT molecular complexity index is 732. The summed E-state index contributed by atoms with van der Waals surface area (Å²) in [6, 6.07) is 3.37. The molecule has 3 rings (SSSR count). The highest BCUT2D eigenvalue weighted by molar-refractivity contribution is 5.76. The number of nitrogens with zero attached hydrogens (tertiary/aromatic N) is 2. The Kier molecular flexibility index (Phi) is 3.76. The van der Waals surface area contributed by atoms with E-state index in [-0.39, 0.29) is 5.69 Å². The van der Waals surface area contributed by atoms with Crippen molar-refractivity contribution in [3.8, 4) is 0 Å². The molecule has 0 bridgehead atoms. The van der Waals surface area contributed by atoms with Crippen molar-refractivity contribution in [1.82, 2.24) is 14.5 Å². The molecule has 1 unspecified atom stereocenters. The lowest BCUT2D eigenvalue weighted by Gasteiger charge is -2.14. The first-order valence-electron chi connectivity index (χ1n) is 7.40. The number of hydrogen-bond donors (Lipinski definition) is 1. The molecule has 1 atom stereocenters. The van der Waals surface area contributed by atoms with Crippen LogP contribution in [0.15, 0.2) is 23.0 Å². The molecule has 1 aliphatic heterocycles. The molecule has 1 fully saturated rings. The van der Waals surface area contributed by atoms with E-state index >= 15 is 0 Å². The fourth-order valence-corrected chi connectivity index (χ4v) is 3.12. The predicted molar refractivity (Wildman–Crippen MR) is 77.8 cm³/mol. The number of hydrogen-bond acceptors (Lipinski definition) is 2. The van der Waals surface area contributed by atoms with Crippen molar-refractivity contribution >= 4 is 11.0 Å². The minimum absolute atomic E-state index is 0.297. The third kappa shape index (κ3) is 2.77. The Hall–Kier alpha value is -1.76. The van der Waals surface area contributed by atoms with Gasteiger partial charge in [-0.25, -0.2) is 4.79 Å². The molecule has 2 aromatic rings. The highest BCUT2D eigenvalue weighted by Gasteiger charge is 2.31. The van der Waals surface area contributed by atoms with Crippen molar-refractivity contribution < 1.29 is 13.2 Å². The second-order valence-electron chi connectivity index (χ2n) is 5.82. The van der Waals surface area contributed by atoms with Crippen LogP contribution in [0.5, 0.6) is 0 Å². The first-order valence-corrected chi connectivity index (χ1v) is 7.40. The standard InChI is InChI=1S/C15H18F3N3O/c1-2-20-6-5-10(8-20)9-21-13-7-11(15(16,17)18)3-4-12(13)19-14(21)22/h3-4,7,10H,2,5-6,8-9H2,1H3,(H,19,22). The van der Waals surface area contributed by atoms with E-state index in [1.165, 1.54) is 10.6 Å². The quantitative estimate of drug-likeness (QED) is 0.946. The summed E-state index contributed by atoms with van der Waals surface area (Å²) in [5.41, 5.74) is -0.295. The third-order valence-corrected chi connectivity index (χ3v) is 4.36. The van der Waals surface area contributed by atoms with Gasteiger partial charge in [0, 0.05) is 13.1 Å². The minimum Gasteiger partial charge on any atom is -0.306 e. The molecule has 1 aliphatic rings. The zero-order valence-electron chi connectivity index (χ0n) is 12.3. The van der Waals surface area contributed by atoms with Crippen molar-refractivity contribution in [2.75, 3.05) is 19.6 Å². The lowest BCUT2D eigenvalue weighted by atomic mass is 10.1. The molecule has 0 saturated carbocycles. The van der Waals surface area contributed by atoms with Crippen LogP contribution in [0, 0.1) is 5.92 Å². The van der Waals surface area contributed by atoms with Gasteiger partial charge >= 0.3 is 11.9 Å².